The number of allylic oxidation sites excluding steroid dienone is 3. The second-order valence-electron chi connectivity index (χ2n) is 2.81. The standard InChI is InChI=1S/C10H12NP/c1-12-11-8-7-9-5-3-2-4-6-10(9)11/h2-4,6-8,12H,5H2,1H3. The van der Waals surface area contributed by atoms with Crippen LogP contribution >= 0.6 is 8.73 Å². The van der Waals surface area contributed by atoms with Gasteiger partial charge in [0.15, 0.2) is 0 Å². The van der Waals surface area contributed by atoms with Crippen LogP contribution in [-0.4, -0.2) is 11.0 Å². The van der Waals surface area contributed by atoms with Crippen LogP contribution in [0.5, 0.6) is 0 Å². The molecule has 1 unspecified atom stereocenters. The average Bonchev–Trinajstić information content (AvgIpc) is 2.33. The number of nitrogens with zero attached hydrogens (tertiary/aromatic N) is 1. The fourth-order valence-electron chi connectivity index (χ4n) is 1.46. The van der Waals surface area contributed by atoms with Gasteiger partial charge in [-0.3, -0.25) is 0 Å². The predicted octanol–water partition coefficient (Wildman–Crippen LogP) is 2.69. The molecule has 0 bridgehead atoms. The number of hydrogen-bond donors (Lipinski definition) is 0. The molecule has 0 saturated heterocycles. The van der Waals surface area contributed by atoms with Crippen LogP contribution in [0.3, 0.4) is 0 Å². The largest absolute Gasteiger partial charge is 0.329 e. The number of rotatable bonds is 1. The zero-order chi connectivity index (χ0) is 8.39. The molecule has 1 aromatic rings. The van der Waals surface area contributed by atoms with Crippen molar-refractivity contribution in [3.63, 3.8) is 0 Å². The molecule has 0 N–H and O–H groups in total. The van der Waals surface area contributed by atoms with Crippen LogP contribution in [0, 0.1) is 0 Å². The van der Waals surface area contributed by atoms with Crippen molar-refractivity contribution in [2.45, 2.75) is 6.42 Å². The summed E-state index contributed by atoms with van der Waals surface area (Å²) in [6.45, 7) is 2.20. The minimum Gasteiger partial charge on any atom is -0.329 e. The first kappa shape index (κ1) is 7.82. The zero-order valence-electron chi connectivity index (χ0n) is 7.12. The molecule has 0 aliphatic heterocycles. The molecule has 1 nitrogen and oxygen atoms in total. The second kappa shape index (κ2) is 3.28. The fraction of sp³-hybridized carbons (Fsp3) is 0.200. The summed E-state index contributed by atoms with van der Waals surface area (Å²) < 4.78 is 2.30. The summed E-state index contributed by atoms with van der Waals surface area (Å²) >= 11 is 0. The van der Waals surface area contributed by atoms with Gasteiger partial charge in [0.25, 0.3) is 0 Å². The van der Waals surface area contributed by atoms with Crippen molar-refractivity contribution in [1.82, 2.24) is 4.34 Å². The Morgan fingerprint density at radius 1 is 1.42 bits per heavy atom. The van der Waals surface area contributed by atoms with E-state index in [4.69, 9.17) is 0 Å². The molecule has 0 saturated carbocycles. The monoisotopic (exact) mass is 177 g/mol. The highest BCUT2D eigenvalue weighted by molar-refractivity contribution is 7.35. The molecule has 0 radical (unpaired) electrons. The van der Waals surface area contributed by atoms with Crippen molar-refractivity contribution >= 4 is 14.8 Å². The third kappa shape index (κ3) is 1.25. The molecule has 0 aromatic carbocycles. The Morgan fingerprint density at radius 2 is 2.33 bits per heavy atom. The molecule has 2 rings (SSSR count). The maximum Gasteiger partial charge on any atom is 0.0474 e. The second-order valence-corrected chi connectivity index (χ2v) is 3.74. The van der Waals surface area contributed by atoms with Crippen molar-refractivity contribution in [3.05, 3.63) is 41.7 Å². The lowest BCUT2D eigenvalue weighted by molar-refractivity contribution is 1.20. The van der Waals surface area contributed by atoms with E-state index >= 15 is 0 Å². The maximum atomic E-state index is 2.30. The van der Waals surface area contributed by atoms with Crippen LogP contribution in [0.25, 0.3) is 6.08 Å². The predicted molar refractivity (Wildman–Crippen MR) is 55.9 cm³/mol. The smallest absolute Gasteiger partial charge is 0.0474 e. The number of aromatic nitrogens is 1. The van der Waals surface area contributed by atoms with Gasteiger partial charge in [-0.15, -0.1) is 0 Å². The van der Waals surface area contributed by atoms with Crippen LogP contribution in [0.4, 0.5) is 0 Å². The molecule has 0 fully saturated rings. The van der Waals surface area contributed by atoms with Crippen molar-refractivity contribution < 1.29 is 0 Å². The maximum absolute atomic E-state index is 2.30. The van der Waals surface area contributed by atoms with Gasteiger partial charge in [-0.25, -0.2) is 0 Å². The number of hydrogen-bond acceptors (Lipinski definition) is 0. The molecule has 1 atom stereocenters. The Hall–Kier alpha value is -0.810. The van der Waals surface area contributed by atoms with E-state index in [1.54, 1.807) is 0 Å². The minimum absolute atomic E-state index is 0.828. The summed E-state index contributed by atoms with van der Waals surface area (Å²) in [5, 5.41) is 0. The molecular weight excluding hydrogens is 165 g/mol. The Balaban J connectivity index is 2.48. The lowest BCUT2D eigenvalue weighted by atomic mass is 10.2. The van der Waals surface area contributed by atoms with Gasteiger partial charge >= 0.3 is 0 Å². The van der Waals surface area contributed by atoms with Gasteiger partial charge in [0.2, 0.25) is 0 Å². The Morgan fingerprint density at radius 3 is 3.17 bits per heavy atom. The summed E-state index contributed by atoms with van der Waals surface area (Å²) in [7, 11) is 0.828. The summed E-state index contributed by atoms with van der Waals surface area (Å²) in [6.07, 6.45) is 11.9. The molecule has 1 aliphatic rings. The van der Waals surface area contributed by atoms with Crippen molar-refractivity contribution in [2.75, 3.05) is 6.66 Å². The van der Waals surface area contributed by atoms with Crippen molar-refractivity contribution in [2.24, 2.45) is 0 Å². The molecule has 1 aliphatic carbocycles. The summed E-state index contributed by atoms with van der Waals surface area (Å²) in [6, 6.07) is 2.21. The van der Waals surface area contributed by atoms with Gasteiger partial charge in [-0.1, -0.05) is 18.2 Å². The van der Waals surface area contributed by atoms with E-state index in [1.165, 1.54) is 11.3 Å². The van der Waals surface area contributed by atoms with Gasteiger partial charge in [0, 0.05) is 11.9 Å². The highest BCUT2D eigenvalue weighted by Gasteiger charge is 2.04. The topological polar surface area (TPSA) is 4.93 Å². The normalized spacial score (nSPS) is 15.4. The molecular formula is C10H12NP. The van der Waals surface area contributed by atoms with E-state index in [-0.39, 0.29) is 0 Å². The van der Waals surface area contributed by atoms with Crippen molar-refractivity contribution in [1.29, 1.82) is 0 Å². The van der Waals surface area contributed by atoms with E-state index < -0.39 is 0 Å². The van der Waals surface area contributed by atoms with E-state index in [9.17, 15) is 0 Å². The highest BCUT2D eigenvalue weighted by Crippen LogP contribution is 2.22. The van der Waals surface area contributed by atoms with E-state index in [1.807, 2.05) is 0 Å². The summed E-state index contributed by atoms with van der Waals surface area (Å²) in [4.78, 5) is 0. The van der Waals surface area contributed by atoms with Crippen LogP contribution < -0.4 is 0 Å². The molecule has 2 heteroatoms. The number of fused-ring (bicyclic) bond motifs is 1. The van der Waals surface area contributed by atoms with Gasteiger partial charge < -0.3 is 4.34 Å². The Kier molecular flexibility index (Phi) is 2.14. The molecule has 1 aromatic heterocycles. The van der Waals surface area contributed by atoms with Gasteiger partial charge in [0.1, 0.15) is 0 Å². The quantitative estimate of drug-likeness (QED) is 0.581. The summed E-state index contributed by atoms with van der Waals surface area (Å²) in [5.41, 5.74) is 2.81. The van der Waals surface area contributed by atoms with Crippen LogP contribution in [0.15, 0.2) is 30.5 Å². The van der Waals surface area contributed by atoms with Crippen LogP contribution in [0.2, 0.25) is 0 Å². The van der Waals surface area contributed by atoms with Crippen molar-refractivity contribution in [3.8, 4) is 0 Å². The first-order valence-corrected chi connectivity index (χ1v) is 5.58. The SMILES string of the molecule is CPn1ccc2c1C=CC=CC2. The average molecular weight is 177 g/mol. The van der Waals surface area contributed by atoms with E-state index in [2.05, 4.69) is 47.6 Å². The molecule has 62 valence electrons. The third-order valence-electron chi connectivity index (χ3n) is 2.09. The molecule has 1 heterocycles. The fourth-order valence-corrected chi connectivity index (χ4v) is 2.14. The first-order chi connectivity index (χ1) is 5.92. The van der Waals surface area contributed by atoms with E-state index in [0.29, 0.717) is 0 Å². The third-order valence-corrected chi connectivity index (χ3v) is 2.97. The van der Waals surface area contributed by atoms with E-state index in [0.717, 1.165) is 15.2 Å². The highest BCUT2D eigenvalue weighted by atomic mass is 31.1. The van der Waals surface area contributed by atoms with Crippen LogP contribution in [0.1, 0.15) is 11.3 Å². The lowest BCUT2D eigenvalue weighted by Crippen LogP contribution is -1.86. The van der Waals surface area contributed by atoms with Gasteiger partial charge in [-0.2, -0.15) is 0 Å². The Bertz CT molecular complexity index is 334. The molecule has 0 spiro atoms. The molecule has 0 amide bonds. The Labute approximate surface area is 74.6 Å². The molecule has 12 heavy (non-hydrogen) atoms. The van der Waals surface area contributed by atoms with Gasteiger partial charge in [-0.05, 0) is 39.5 Å². The lowest BCUT2D eigenvalue weighted by Gasteiger charge is -2.02. The minimum atomic E-state index is 0.828. The van der Waals surface area contributed by atoms with Gasteiger partial charge in [0.05, 0.1) is 0 Å². The first-order valence-electron chi connectivity index (χ1n) is 4.13. The van der Waals surface area contributed by atoms with Crippen LogP contribution in [-0.2, 0) is 6.42 Å². The zero-order valence-corrected chi connectivity index (χ0v) is 8.12. The summed E-state index contributed by atoms with van der Waals surface area (Å²) in [5.74, 6) is 0.